The van der Waals surface area contributed by atoms with E-state index in [4.69, 9.17) is 5.26 Å². The van der Waals surface area contributed by atoms with Crippen LogP contribution in [0, 0.1) is 11.3 Å². The molecule has 1 fully saturated rings. The van der Waals surface area contributed by atoms with Crippen LogP contribution in [0.15, 0.2) is 54.6 Å². The van der Waals surface area contributed by atoms with E-state index in [9.17, 15) is 4.79 Å². The highest BCUT2D eigenvalue weighted by molar-refractivity contribution is 7.99. The number of nitriles is 1. The fourth-order valence-electron chi connectivity index (χ4n) is 3.53. The first-order valence-corrected chi connectivity index (χ1v) is 11.7. The molecule has 1 amide bonds. The molecule has 2 aromatic carbocycles. The summed E-state index contributed by atoms with van der Waals surface area (Å²) in [5.41, 5.74) is 3.18. The van der Waals surface area contributed by atoms with Crippen LogP contribution in [0.2, 0.25) is 0 Å². The number of hydrogen-bond donors (Lipinski definition) is 1. The number of rotatable bonds is 10. The van der Waals surface area contributed by atoms with Crippen LogP contribution in [-0.2, 0) is 17.1 Å². The summed E-state index contributed by atoms with van der Waals surface area (Å²) in [6, 6.07) is 20.3. The number of carbonyl (C=O) groups excluding carboxylic acids is 1. The van der Waals surface area contributed by atoms with E-state index in [-0.39, 0.29) is 5.91 Å². The molecule has 0 atom stereocenters. The Morgan fingerprint density at radius 3 is 2.37 bits per heavy atom. The predicted molar refractivity (Wildman–Crippen MR) is 123 cm³/mol. The third-order valence-electron chi connectivity index (χ3n) is 5.27. The van der Waals surface area contributed by atoms with Gasteiger partial charge in [-0.2, -0.15) is 5.26 Å². The Hall–Kier alpha value is -2.33. The van der Waals surface area contributed by atoms with Gasteiger partial charge in [0.2, 0.25) is 5.91 Å². The number of nitrogens with one attached hydrogen (secondary N) is 1. The van der Waals surface area contributed by atoms with Gasteiger partial charge >= 0.3 is 0 Å². The van der Waals surface area contributed by atoms with Crippen molar-refractivity contribution in [3.8, 4) is 6.07 Å². The molecule has 0 spiro atoms. The van der Waals surface area contributed by atoms with Crippen molar-refractivity contribution in [2.75, 3.05) is 45.0 Å². The molecule has 158 valence electrons. The first-order valence-electron chi connectivity index (χ1n) is 10.5. The molecular formula is C24H30N4OS. The van der Waals surface area contributed by atoms with Crippen molar-refractivity contribution >= 4 is 17.7 Å². The Morgan fingerprint density at radius 1 is 0.967 bits per heavy atom. The summed E-state index contributed by atoms with van der Waals surface area (Å²) < 4.78 is 0. The predicted octanol–water partition coefficient (Wildman–Crippen LogP) is 3.12. The second-order valence-corrected chi connectivity index (χ2v) is 8.59. The van der Waals surface area contributed by atoms with Crippen molar-refractivity contribution in [3.05, 3.63) is 71.3 Å². The largest absolute Gasteiger partial charge is 0.355 e. The van der Waals surface area contributed by atoms with Crippen molar-refractivity contribution in [1.82, 2.24) is 15.1 Å². The van der Waals surface area contributed by atoms with E-state index in [0.717, 1.165) is 63.6 Å². The smallest absolute Gasteiger partial charge is 0.230 e. The maximum Gasteiger partial charge on any atom is 0.230 e. The summed E-state index contributed by atoms with van der Waals surface area (Å²) in [6.45, 7) is 7.21. The van der Waals surface area contributed by atoms with Crippen LogP contribution < -0.4 is 5.32 Å². The Morgan fingerprint density at radius 2 is 1.67 bits per heavy atom. The van der Waals surface area contributed by atoms with Gasteiger partial charge in [-0.1, -0.05) is 42.5 Å². The highest BCUT2D eigenvalue weighted by Gasteiger charge is 2.16. The molecule has 2 aromatic rings. The number of nitrogens with zero attached hydrogens (tertiary/aromatic N) is 3. The van der Waals surface area contributed by atoms with Crippen LogP contribution in [0.1, 0.15) is 23.1 Å². The standard InChI is InChI=1S/C24H30N4OS/c25-17-21-7-9-23(10-8-21)19-30-20-24(29)26-11-4-12-27-13-15-28(16-14-27)18-22-5-2-1-3-6-22/h1-3,5-10H,4,11-16,18-20H2,(H,26,29). The van der Waals surface area contributed by atoms with Gasteiger partial charge in [0.25, 0.3) is 0 Å². The molecule has 6 heteroatoms. The van der Waals surface area contributed by atoms with E-state index < -0.39 is 0 Å². The minimum Gasteiger partial charge on any atom is -0.355 e. The Balaban J connectivity index is 1.21. The van der Waals surface area contributed by atoms with Crippen LogP contribution in [0.5, 0.6) is 0 Å². The van der Waals surface area contributed by atoms with E-state index in [0.29, 0.717) is 11.3 Å². The molecule has 0 aliphatic carbocycles. The highest BCUT2D eigenvalue weighted by Crippen LogP contribution is 2.13. The average molecular weight is 423 g/mol. The van der Waals surface area contributed by atoms with Gasteiger partial charge in [-0.15, -0.1) is 11.8 Å². The Bertz CT molecular complexity index is 811. The molecule has 1 saturated heterocycles. The number of thioether (sulfide) groups is 1. The number of hydrogen-bond acceptors (Lipinski definition) is 5. The van der Waals surface area contributed by atoms with E-state index in [1.165, 1.54) is 5.56 Å². The lowest BCUT2D eigenvalue weighted by molar-refractivity contribution is -0.118. The third kappa shape index (κ3) is 7.83. The second kappa shape index (κ2) is 12.4. The van der Waals surface area contributed by atoms with Gasteiger partial charge in [0.15, 0.2) is 0 Å². The summed E-state index contributed by atoms with van der Waals surface area (Å²) in [7, 11) is 0. The number of carbonyl (C=O) groups is 1. The second-order valence-electron chi connectivity index (χ2n) is 7.61. The molecule has 0 unspecified atom stereocenters. The third-order valence-corrected chi connectivity index (χ3v) is 6.28. The van der Waals surface area contributed by atoms with Crippen molar-refractivity contribution < 1.29 is 4.79 Å². The van der Waals surface area contributed by atoms with Gasteiger partial charge in [0.05, 0.1) is 17.4 Å². The highest BCUT2D eigenvalue weighted by atomic mass is 32.2. The maximum atomic E-state index is 12.0. The van der Waals surface area contributed by atoms with E-state index >= 15 is 0 Å². The Kier molecular flexibility index (Phi) is 9.23. The van der Waals surface area contributed by atoms with Gasteiger partial charge in [0, 0.05) is 45.0 Å². The molecule has 1 heterocycles. The molecule has 0 radical (unpaired) electrons. The molecule has 0 bridgehead atoms. The molecule has 1 aliphatic rings. The zero-order chi connectivity index (χ0) is 21.0. The molecule has 5 nitrogen and oxygen atoms in total. The molecule has 0 saturated carbocycles. The topological polar surface area (TPSA) is 59.4 Å². The van der Waals surface area contributed by atoms with E-state index in [1.54, 1.807) is 11.8 Å². The molecular weight excluding hydrogens is 392 g/mol. The van der Waals surface area contributed by atoms with Gasteiger partial charge in [-0.25, -0.2) is 0 Å². The lowest BCUT2D eigenvalue weighted by Gasteiger charge is -2.34. The van der Waals surface area contributed by atoms with Crippen LogP contribution >= 0.6 is 11.8 Å². The van der Waals surface area contributed by atoms with E-state index in [2.05, 4.69) is 51.5 Å². The first kappa shape index (κ1) is 22.4. The lowest BCUT2D eigenvalue weighted by Crippen LogP contribution is -2.46. The summed E-state index contributed by atoms with van der Waals surface area (Å²) >= 11 is 1.60. The summed E-state index contributed by atoms with van der Waals surface area (Å²) in [5.74, 6) is 1.35. The first-order chi connectivity index (χ1) is 14.7. The molecule has 0 aromatic heterocycles. The number of amides is 1. The zero-order valence-electron chi connectivity index (χ0n) is 17.4. The quantitative estimate of drug-likeness (QED) is 0.596. The van der Waals surface area contributed by atoms with Gasteiger partial charge < -0.3 is 10.2 Å². The molecule has 1 aliphatic heterocycles. The van der Waals surface area contributed by atoms with Crippen LogP contribution in [0.4, 0.5) is 0 Å². The van der Waals surface area contributed by atoms with Crippen molar-refractivity contribution in [3.63, 3.8) is 0 Å². The maximum absolute atomic E-state index is 12.0. The minimum atomic E-state index is 0.0984. The average Bonchev–Trinajstić information content (AvgIpc) is 2.79. The summed E-state index contributed by atoms with van der Waals surface area (Å²) in [4.78, 5) is 17.0. The monoisotopic (exact) mass is 422 g/mol. The van der Waals surface area contributed by atoms with Gasteiger partial charge in [0.1, 0.15) is 0 Å². The summed E-state index contributed by atoms with van der Waals surface area (Å²) in [5, 5.41) is 11.8. The fourth-order valence-corrected chi connectivity index (χ4v) is 4.35. The summed E-state index contributed by atoms with van der Waals surface area (Å²) in [6.07, 6.45) is 0.991. The SMILES string of the molecule is N#Cc1ccc(CSCC(=O)NCCCN2CCN(Cc3ccccc3)CC2)cc1. The van der Waals surface area contributed by atoms with Crippen LogP contribution in [0.25, 0.3) is 0 Å². The normalized spacial score (nSPS) is 14.9. The van der Waals surface area contributed by atoms with Gasteiger partial charge in [-0.3, -0.25) is 9.69 Å². The van der Waals surface area contributed by atoms with Crippen molar-refractivity contribution in [1.29, 1.82) is 5.26 Å². The fraction of sp³-hybridized carbons (Fsp3) is 0.417. The van der Waals surface area contributed by atoms with E-state index in [1.807, 2.05) is 24.3 Å². The minimum absolute atomic E-state index is 0.0984. The van der Waals surface area contributed by atoms with Crippen molar-refractivity contribution in [2.45, 2.75) is 18.7 Å². The number of piperazine rings is 1. The van der Waals surface area contributed by atoms with Gasteiger partial charge in [-0.05, 0) is 36.2 Å². The zero-order valence-corrected chi connectivity index (χ0v) is 18.2. The van der Waals surface area contributed by atoms with Crippen LogP contribution in [-0.4, -0.2) is 60.7 Å². The van der Waals surface area contributed by atoms with Crippen LogP contribution in [0.3, 0.4) is 0 Å². The molecule has 1 N–H and O–H groups in total. The molecule has 3 rings (SSSR count). The Labute approximate surface area is 184 Å². The van der Waals surface area contributed by atoms with Crippen molar-refractivity contribution in [2.24, 2.45) is 0 Å². The lowest BCUT2D eigenvalue weighted by atomic mass is 10.2. The molecule has 30 heavy (non-hydrogen) atoms. The number of benzene rings is 2.